The number of benzene rings is 1. The highest BCUT2D eigenvalue weighted by atomic mass is 35.5. The van der Waals surface area contributed by atoms with Crippen LogP contribution in [0.3, 0.4) is 0 Å². The van der Waals surface area contributed by atoms with Crippen LogP contribution in [0.4, 0.5) is 11.5 Å². The number of carbonyl (C=O) groups excluding carboxylic acids is 2. The van der Waals surface area contributed by atoms with Crippen LogP contribution in [-0.2, 0) is 4.79 Å². The van der Waals surface area contributed by atoms with Gasteiger partial charge >= 0.3 is 0 Å². The van der Waals surface area contributed by atoms with Gasteiger partial charge in [-0.15, -0.1) is 0 Å². The number of nitrogens with one attached hydrogen (secondary N) is 1. The first kappa shape index (κ1) is 17.7. The summed E-state index contributed by atoms with van der Waals surface area (Å²) in [4.78, 5) is 32.0. The molecular weight excluding hydrogens is 328 g/mol. The molecule has 0 spiro atoms. The summed E-state index contributed by atoms with van der Waals surface area (Å²) in [7, 11) is 5.20. The van der Waals surface area contributed by atoms with Crippen LogP contribution in [0, 0.1) is 0 Å². The lowest BCUT2D eigenvalue weighted by Gasteiger charge is -2.20. The van der Waals surface area contributed by atoms with Crippen molar-refractivity contribution in [1.29, 1.82) is 0 Å². The van der Waals surface area contributed by atoms with Gasteiger partial charge in [-0.2, -0.15) is 0 Å². The molecule has 0 aliphatic carbocycles. The highest BCUT2D eigenvalue weighted by molar-refractivity contribution is 6.30. The summed E-state index contributed by atoms with van der Waals surface area (Å²) in [5.41, 5.74) is 1.03. The Kier molecular flexibility index (Phi) is 5.76. The maximum atomic E-state index is 12.6. The molecule has 0 atom stereocenters. The second-order valence-electron chi connectivity index (χ2n) is 5.49. The molecule has 24 heavy (non-hydrogen) atoms. The molecule has 1 heterocycles. The molecule has 0 saturated carbocycles. The van der Waals surface area contributed by atoms with Crippen LogP contribution in [-0.4, -0.2) is 49.4 Å². The molecule has 126 valence electrons. The molecule has 0 fully saturated rings. The molecule has 0 aliphatic heterocycles. The van der Waals surface area contributed by atoms with Gasteiger partial charge in [0.05, 0.1) is 12.1 Å². The first-order valence-corrected chi connectivity index (χ1v) is 7.69. The molecular formula is C17H19ClN4O2. The smallest absolute Gasteiger partial charge is 0.257 e. The van der Waals surface area contributed by atoms with E-state index in [1.165, 1.54) is 4.90 Å². The van der Waals surface area contributed by atoms with Gasteiger partial charge in [0.1, 0.15) is 5.82 Å². The molecule has 2 aromatic rings. The molecule has 1 N–H and O–H groups in total. The Morgan fingerprint density at radius 3 is 2.58 bits per heavy atom. The molecule has 0 aliphatic rings. The summed E-state index contributed by atoms with van der Waals surface area (Å²) in [6.07, 6.45) is 1.62. The lowest BCUT2D eigenvalue weighted by atomic mass is 10.2. The number of carbonyl (C=O) groups is 2. The number of aromatic nitrogens is 1. The van der Waals surface area contributed by atoms with Gasteiger partial charge in [-0.3, -0.25) is 9.59 Å². The molecule has 0 unspecified atom stereocenters. The minimum absolute atomic E-state index is 0.0763. The van der Waals surface area contributed by atoms with Crippen molar-refractivity contribution in [1.82, 2.24) is 9.88 Å². The number of likely N-dealkylation sites (N-methyl/N-ethyl adjacent to an activating group) is 1. The average Bonchev–Trinajstić information content (AvgIpc) is 2.53. The van der Waals surface area contributed by atoms with Gasteiger partial charge in [0.25, 0.3) is 5.91 Å². The summed E-state index contributed by atoms with van der Waals surface area (Å²) < 4.78 is 0. The zero-order valence-corrected chi connectivity index (χ0v) is 14.5. The van der Waals surface area contributed by atoms with Crippen molar-refractivity contribution in [3.63, 3.8) is 0 Å². The van der Waals surface area contributed by atoms with Gasteiger partial charge in [-0.05, 0) is 30.3 Å². The van der Waals surface area contributed by atoms with Gasteiger partial charge in [-0.25, -0.2) is 4.98 Å². The molecule has 2 amide bonds. The predicted octanol–water partition coefficient (Wildman–Crippen LogP) is 2.51. The maximum absolute atomic E-state index is 12.6. The van der Waals surface area contributed by atoms with E-state index in [-0.39, 0.29) is 18.4 Å². The Morgan fingerprint density at radius 1 is 1.17 bits per heavy atom. The van der Waals surface area contributed by atoms with Crippen molar-refractivity contribution in [2.24, 2.45) is 0 Å². The summed E-state index contributed by atoms with van der Waals surface area (Å²) in [6.45, 7) is -0.0763. The molecule has 2 rings (SSSR count). The van der Waals surface area contributed by atoms with Gasteiger partial charge < -0.3 is 15.1 Å². The lowest BCUT2D eigenvalue weighted by molar-refractivity contribution is -0.116. The van der Waals surface area contributed by atoms with E-state index >= 15 is 0 Å². The number of nitrogens with zero attached hydrogens (tertiary/aromatic N) is 3. The summed E-state index contributed by atoms with van der Waals surface area (Å²) in [6, 6.07) is 10.2. The Hall–Kier alpha value is -2.60. The van der Waals surface area contributed by atoms with Crippen molar-refractivity contribution < 1.29 is 9.59 Å². The van der Waals surface area contributed by atoms with Gasteiger partial charge in [-0.1, -0.05) is 17.7 Å². The van der Waals surface area contributed by atoms with E-state index in [1.807, 2.05) is 14.1 Å². The third kappa shape index (κ3) is 4.45. The monoisotopic (exact) mass is 346 g/mol. The zero-order chi connectivity index (χ0) is 17.7. The molecule has 1 aromatic carbocycles. The van der Waals surface area contributed by atoms with E-state index in [9.17, 15) is 9.59 Å². The summed E-state index contributed by atoms with van der Waals surface area (Å²) in [5.74, 6) is -0.0129. The average molecular weight is 347 g/mol. The zero-order valence-electron chi connectivity index (χ0n) is 13.8. The molecule has 1 aromatic heterocycles. The third-order valence-electron chi connectivity index (χ3n) is 3.28. The Bertz CT molecular complexity index is 749. The number of hydrogen-bond donors (Lipinski definition) is 1. The van der Waals surface area contributed by atoms with Crippen molar-refractivity contribution in [3.8, 4) is 0 Å². The van der Waals surface area contributed by atoms with E-state index in [1.54, 1.807) is 54.5 Å². The second-order valence-corrected chi connectivity index (χ2v) is 5.93. The quantitative estimate of drug-likeness (QED) is 0.903. The summed E-state index contributed by atoms with van der Waals surface area (Å²) in [5, 5.41) is 3.24. The lowest BCUT2D eigenvalue weighted by Crippen LogP contribution is -2.35. The number of halogens is 1. The van der Waals surface area contributed by atoms with E-state index in [2.05, 4.69) is 10.3 Å². The van der Waals surface area contributed by atoms with Crippen molar-refractivity contribution in [2.75, 3.05) is 37.9 Å². The van der Waals surface area contributed by atoms with Gasteiger partial charge in [0, 0.05) is 38.0 Å². The van der Waals surface area contributed by atoms with Crippen LogP contribution in [0.25, 0.3) is 0 Å². The SMILES string of the molecule is CN(CC(=O)Nc1cccc(Cl)c1)C(=O)c1cccnc1N(C)C. The van der Waals surface area contributed by atoms with Gasteiger partial charge in [0.15, 0.2) is 0 Å². The highest BCUT2D eigenvalue weighted by Gasteiger charge is 2.19. The Balaban J connectivity index is 2.05. The van der Waals surface area contributed by atoms with E-state index in [0.717, 1.165) is 0 Å². The molecule has 0 bridgehead atoms. The molecule has 0 radical (unpaired) electrons. The third-order valence-corrected chi connectivity index (χ3v) is 3.51. The van der Waals surface area contributed by atoms with Crippen molar-refractivity contribution >= 4 is 34.9 Å². The van der Waals surface area contributed by atoms with E-state index in [4.69, 9.17) is 11.6 Å². The Labute approximate surface area is 146 Å². The summed E-state index contributed by atoms with van der Waals surface area (Å²) >= 11 is 5.88. The Morgan fingerprint density at radius 2 is 1.92 bits per heavy atom. The van der Waals surface area contributed by atoms with Gasteiger partial charge in [0.2, 0.25) is 5.91 Å². The topological polar surface area (TPSA) is 65.5 Å². The molecule has 7 heteroatoms. The van der Waals surface area contributed by atoms with Crippen LogP contribution in [0.2, 0.25) is 5.02 Å². The number of hydrogen-bond acceptors (Lipinski definition) is 4. The number of rotatable bonds is 5. The van der Waals surface area contributed by atoms with E-state index < -0.39 is 0 Å². The predicted molar refractivity (Wildman–Crippen MR) is 95.6 cm³/mol. The van der Waals surface area contributed by atoms with Crippen LogP contribution in [0.15, 0.2) is 42.6 Å². The minimum atomic E-state index is -0.302. The second kappa shape index (κ2) is 7.79. The number of anilines is 2. The van der Waals surface area contributed by atoms with Crippen LogP contribution < -0.4 is 10.2 Å². The van der Waals surface area contributed by atoms with Crippen LogP contribution in [0.5, 0.6) is 0 Å². The fourth-order valence-electron chi connectivity index (χ4n) is 2.18. The number of pyridine rings is 1. The largest absolute Gasteiger partial charge is 0.362 e. The number of amides is 2. The minimum Gasteiger partial charge on any atom is -0.362 e. The van der Waals surface area contributed by atoms with Crippen LogP contribution >= 0.6 is 11.6 Å². The maximum Gasteiger partial charge on any atom is 0.257 e. The van der Waals surface area contributed by atoms with Crippen LogP contribution in [0.1, 0.15) is 10.4 Å². The highest BCUT2D eigenvalue weighted by Crippen LogP contribution is 2.17. The molecule has 0 saturated heterocycles. The van der Waals surface area contributed by atoms with Crippen molar-refractivity contribution in [3.05, 3.63) is 53.2 Å². The first-order chi connectivity index (χ1) is 11.4. The fourth-order valence-corrected chi connectivity index (χ4v) is 2.37. The molecule has 6 nitrogen and oxygen atoms in total. The van der Waals surface area contributed by atoms with Crippen molar-refractivity contribution in [2.45, 2.75) is 0 Å². The first-order valence-electron chi connectivity index (χ1n) is 7.31. The van der Waals surface area contributed by atoms with E-state index in [0.29, 0.717) is 22.1 Å². The normalized spacial score (nSPS) is 10.2. The fraction of sp³-hybridized carbons (Fsp3) is 0.235. The standard InChI is InChI=1S/C17H19ClN4O2/c1-21(2)16-14(8-5-9-19-16)17(24)22(3)11-15(23)20-13-7-4-6-12(18)10-13/h4-10H,11H2,1-3H3,(H,20,23).